The van der Waals surface area contributed by atoms with Crippen LogP contribution < -0.4 is 5.32 Å². The summed E-state index contributed by atoms with van der Waals surface area (Å²) >= 11 is 0. The Morgan fingerprint density at radius 1 is 1.70 bits per heavy atom. The van der Waals surface area contributed by atoms with Crippen LogP contribution in [0.4, 0.5) is 0 Å². The van der Waals surface area contributed by atoms with Crippen LogP contribution in [0.2, 0.25) is 0 Å². The number of nitrogens with zero attached hydrogens (tertiary/aromatic N) is 1. The Labute approximate surface area is 60.7 Å². The van der Waals surface area contributed by atoms with Gasteiger partial charge in [0.25, 0.3) is 0 Å². The molecule has 0 bridgehead atoms. The number of nitrogens with one attached hydrogen (secondary N) is 1. The summed E-state index contributed by atoms with van der Waals surface area (Å²) in [5.74, 6) is 0. The highest BCUT2D eigenvalue weighted by molar-refractivity contribution is 6.10. The first-order valence-electron chi connectivity index (χ1n) is 3.11. The van der Waals surface area contributed by atoms with E-state index in [2.05, 4.69) is 16.9 Å². The maximum atomic E-state index is 4.04. The molecule has 2 nitrogen and oxygen atoms in total. The van der Waals surface area contributed by atoms with Crippen molar-refractivity contribution in [3.8, 4) is 0 Å². The molecule has 0 saturated heterocycles. The number of rotatable bonds is 1. The Kier molecular flexibility index (Phi) is 2.05. The van der Waals surface area contributed by atoms with Crippen LogP contribution in [0.15, 0.2) is 41.7 Å². The van der Waals surface area contributed by atoms with Crippen LogP contribution in [0.1, 0.15) is 0 Å². The molecular formula is C8H10N2. The van der Waals surface area contributed by atoms with Crippen LogP contribution in [-0.2, 0) is 0 Å². The molecule has 1 aliphatic heterocycles. The summed E-state index contributed by atoms with van der Waals surface area (Å²) < 4.78 is 0. The number of aliphatic imine (C=N–C) groups is 1. The molecule has 1 N–H and O–H groups in total. The van der Waals surface area contributed by atoms with Crippen molar-refractivity contribution in [2.24, 2.45) is 4.99 Å². The van der Waals surface area contributed by atoms with E-state index in [1.54, 1.807) is 13.1 Å². The molecule has 0 radical (unpaired) electrons. The van der Waals surface area contributed by atoms with Gasteiger partial charge in [-0.05, 0) is 12.2 Å². The number of hydrogen-bond acceptors (Lipinski definition) is 2. The minimum Gasteiger partial charge on any atom is -0.360 e. The minimum atomic E-state index is 0.972. The van der Waals surface area contributed by atoms with Gasteiger partial charge in [-0.3, -0.25) is 4.99 Å². The summed E-state index contributed by atoms with van der Waals surface area (Å²) in [6.07, 6.45) is 7.41. The number of allylic oxidation sites excluding steroid dienone is 3. The zero-order valence-corrected chi connectivity index (χ0v) is 5.96. The highest BCUT2D eigenvalue weighted by Gasteiger charge is 2.04. The minimum absolute atomic E-state index is 0.972. The quantitative estimate of drug-likeness (QED) is 0.573. The molecule has 52 valence electrons. The molecule has 0 aromatic heterocycles. The lowest BCUT2D eigenvalue weighted by atomic mass is 10.3. The third-order valence-corrected chi connectivity index (χ3v) is 1.28. The van der Waals surface area contributed by atoms with E-state index in [1.807, 2.05) is 18.4 Å². The second kappa shape index (κ2) is 3.01. The van der Waals surface area contributed by atoms with E-state index in [1.165, 1.54) is 0 Å². The molecule has 0 fully saturated rings. The maximum Gasteiger partial charge on any atom is 0.0819 e. The molecule has 2 heteroatoms. The van der Waals surface area contributed by atoms with E-state index in [-0.39, 0.29) is 0 Å². The fourth-order valence-electron chi connectivity index (χ4n) is 0.820. The Hall–Kier alpha value is -1.31. The molecular weight excluding hydrogens is 124 g/mol. The summed E-state index contributed by atoms with van der Waals surface area (Å²) in [5, 5.41) is 3.04. The van der Waals surface area contributed by atoms with Crippen molar-refractivity contribution in [1.82, 2.24) is 5.32 Å². The van der Waals surface area contributed by atoms with Crippen molar-refractivity contribution in [3.63, 3.8) is 0 Å². The predicted molar refractivity (Wildman–Crippen MR) is 43.9 cm³/mol. The van der Waals surface area contributed by atoms with E-state index in [0.29, 0.717) is 0 Å². The van der Waals surface area contributed by atoms with Crippen LogP contribution >= 0.6 is 0 Å². The van der Waals surface area contributed by atoms with Gasteiger partial charge in [-0.2, -0.15) is 0 Å². The topological polar surface area (TPSA) is 24.4 Å². The summed E-state index contributed by atoms with van der Waals surface area (Å²) in [5.41, 5.74) is 1.98. The van der Waals surface area contributed by atoms with Crippen LogP contribution in [0.3, 0.4) is 0 Å². The fourth-order valence-corrected chi connectivity index (χ4v) is 0.820. The summed E-state index contributed by atoms with van der Waals surface area (Å²) in [6, 6.07) is 0. The Morgan fingerprint density at radius 2 is 2.50 bits per heavy atom. The Balaban J connectivity index is 2.84. The zero-order valence-electron chi connectivity index (χ0n) is 5.96. The number of hydrogen-bond donors (Lipinski definition) is 1. The predicted octanol–water partition coefficient (Wildman–Crippen LogP) is 1.24. The zero-order chi connectivity index (χ0) is 7.40. The van der Waals surface area contributed by atoms with Gasteiger partial charge in [0.2, 0.25) is 0 Å². The normalized spacial score (nSPS) is 23.7. The van der Waals surface area contributed by atoms with Crippen LogP contribution in [-0.4, -0.2) is 12.8 Å². The van der Waals surface area contributed by atoms with E-state index in [9.17, 15) is 0 Å². The molecule has 1 rings (SSSR count). The Morgan fingerprint density at radius 3 is 3.10 bits per heavy atom. The van der Waals surface area contributed by atoms with Gasteiger partial charge >= 0.3 is 0 Å². The first-order valence-corrected chi connectivity index (χ1v) is 3.11. The molecule has 0 aromatic carbocycles. The van der Waals surface area contributed by atoms with Gasteiger partial charge in [0.05, 0.1) is 11.4 Å². The smallest absolute Gasteiger partial charge is 0.0819 e. The molecule has 0 spiro atoms. The van der Waals surface area contributed by atoms with E-state index in [4.69, 9.17) is 0 Å². The third-order valence-electron chi connectivity index (χ3n) is 1.28. The van der Waals surface area contributed by atoms with E-state index >= 15 is 0 Å². The standard InChI is InChI=1S/C8H10N2/c1-3-4-8-7(9-2)5-6-10-8/h3-6,10H,1H2,2H3/b8-4+,9-7?. The van der Waals surface area contributed by atoms with Crippen molar-refractivity contribution in [2.45, 2.75) is 0 Å². The van der Waals surface area contributed by atoms with Gasteiger partial charge in [-0.1, -0.05) is 12.7 Å². The van der Waals surface area contributed by atoms with Crippen molar-refractivity contribution in [2.75, 3.05) is 7.05 Å². The van der Waals surface area contributed by atoms with Crippen molar-refractivity contribution >= 4 is 5.71 Å². The monoisotopic (exact) mass is 134 g/mol. The van der Waals surface area contributed by atoms with Gasteiger partial charge in [0.15, 0.2) is 0 Å². The van der Waals surface area contributed by atoms with E-state index < -0.39 is 0 Å². The van der Waals surface area contributed by atoms with Gasteiger partial charge < -0.3 is 5.32 Å². The molecule has 0 unspecified atom stereocenters. The lowest BCUT2D eigenvalue weighted by molar-refractivity contribution is 1.17. The third kappa shape index (κ3) is 1.16. The molecule has 0 atom stereocenters. The maximum absolute atomic E-state index is 4.04. The van der Waals surface area contributed by atoms with Crippen molar-refractivity contribution in [3.05, 3.63) is 36.7 Å². The molecule has 0 aliphatic carbocycles. The fraction of sp³-hybridized carbons (Fsp3) is 0.125. The van der Waals surface area contributed by atoms with E-state index in [0.717, 1.165) is 11.4 Å². The second-order valence-corrected chi connectivity index (χ2v) is 1.90. The summed E-state index contributed by atoms with van der Waals surface area (Å²) in [7, 11) is 1.77. The molecule has 1 heterocycles. The summed E-state index contributed by atoms with van der Waals surface area (Å²) in [4.78, 5) is 4.04. The van der Waals surface area contributed by atoms with Crippen LogP contribution in [0.5, 0.6) is 0 Å². The van der Waals surface area contributed by atoms with Crippen LogP contribution in [0.25, 0.3) is 0 Å². The van der Waals surface area contributed by atoms with Crippen molar-refractivity contribution in [1.29, 1.82) is 0 Å². The van der Waals surface area contributed by atoms with Gasteiger partial charge in [-0.25, -0.2) is 0 Å². The first-order chi connectivity index (χ1) is 4.88. The van der Waals surface area contributed by atoms with Crippen LogP contribution in [0, 0.1) is 0 Å². The van der Waals surface area contributed by atoms with Gasteiger partial charge in [0, 0.05) is 13.2 Å². The molecule has 0 aromatic rings. The average molecular weight is 134 g/mol. The van der Waals surface area contributed by atoms with Gasteiger partial charge in [0.1, 0.15) is 0 Å². The van der Waals surface area contributed by atoms with Gasteiger partial charge in [-0.15, -0.1) is 0 Å². The second-order valence-electron chi connectivity index (χ2n) is 1.90. The highest BCUT2D eigenvalue weighted by Crippen LogP contribution is 2.02. The largest absolute Gasteiger partial charge is 0.360 e. The lowest BCUT2D eigenvalue weighted by Crippen LogP contribution is -2.04. The first kappa shape index (κ1) is 6.81. The molecule has 0 saturated carbocycles. The molecule has 1 aliphatic rings. The lowest BCUT2D eigenvalue weighted by Gasteiger charge is -1.95. The summed E-state index contributed by atoms with van der Waals surface area (Å²) in [6.45, 7) is 3.59. The average Bonchev–Trinajstić information content (AvgIpc) is 2.36. The Bertz CT molecular complexity index is 221. The SMILES string of the molecule is C=C/C=C1/NC=CC1=NC. The van der Waals surface area contributed by atoms with Crippen molar-refractivity contribution < 1.29 is 0 Å². The molecule has 0 amide bonds. The highest BCUT2D eigenvalue weighted by atomic mass is 14.9. The molecule has 10 heavy (non-hydrogen) atoms.